The number of nitrogens with zero attached hydrogens (tertiary/aromatic N) is 5. The second kappa shape index (κ2) is 8.71. The van der Waals surface area contributed by atoms with E-state index in [0.717, 1.165) is 37.7 Å². The summed E-state index contributed by atoms with van der Waals surface area (Å²) in [6, 6.07) is 7.16. The maximum absolute atomic E-state index is 13.2. The molecule has 162 valence electrons. The highest BCUT2D eigenvalue weighted by Crippen LogP contribution is 2.28. The summed E-state index contributed by atoms with van der Waals surface area (Å²) in [5.74, 6) is 1.16. The number of carbonyl (C=O) groups is 1. The molecule has 0 unspecified atom stereocenters. The van der Waals surface area contributed by atoms with Gasteiger partial charge in [-0.15, -0.1) is 10.2 Å². The minimum atomic E-state index is -3.08. The predicted molar refractivity (Wildman–Crippen MR) is 111 cm³/mol. The van der Waals surface area contributed by atoms with Gasteiger partial charge in [0.15, 0.2) is 9.84 Å². The average molecular weight is 434 g/mol. The maximum Gasteiger partial charge on any atom is 0.246 e. The molecule has 1 aromatic heterocycles. The number of sulfone groups is 1. The van der Waals surface area contributed by atoms with Crippen LogP contribution in [0, 0.1) is 0 Å². The maximum atomic E-state index is 13.2. The Labute approximate surface area is 176 Å². The molecule has 10 heteroatoms. The van der Waals surface area contributed by atoms with E-state index >= 15 is 0 Å². The Hall–Kier alpha value is -2.49. The summed E-state index contributed by atoms with van der Waals surface area (Å²) < 4.78 is 29.3. The highest BCUT2D eigenvalue weighted by Gasteiger charge is 2.38. The van der Waals surface area contributed by atoms with Crippen LogP contribution in [0.15, 0.2) is 24.3 Å². The Bertz CT molecular complexity index is 1000. The van der Waals surface area contributed by atoms with E-state index in [-0.39, 0.29) is 36.0 Å². The standard InChI is InChI=1S/C20H27N5O4S/c1-29-18-9-5-6-15(12-18)20-21-23-24(22-20)13-19(26)25(16-7-3-2-4-8-16)17-10-11-30(27,28)14-17/h5-6,9,12,16-17H,2-4,7-8,10-11,13-14H2,1H3/t17-/m0/s1. The summed E-state index contributed by atoms with van der Waals surface area (Å²) >= 11 is 0. The number of rotatable bonds is 6. The zero-order valence-corrected chi connectivity index (χ0v) is 17.9. The molecule has 1 saturated heterocycles. The number of aromatic nitrogens is 4. The normalized spacial score (nSPS) is 21.4. The minimum Gasteiger partial charge on any atom is -0.497 e. The number of methoxy groups -OCH3 is 1. The highest BCUT2D eigenvalue weighted by molar-refractivity contribution is 7.91. The van der Waals surface area contributed by atoms with Crippen LogP contribution in [-0.4, -0.2) is 70.1 Å². The van der Waals surface area contributed by atoms with E-state index < -0.39 is 9.84 Å². The fraction of sp³-hybridized carbons (Fsp3) is 0.600. The van der Waals surface area contributed by atoms with Crippen molar-refractivity contribution in [3.63, 3.8) is 0 Å². The molecule has 1 aliphatic heterocycles. The SMILES string of the molecule is COc1cccc(-c2nnn(CC(=O)N(C3CCCCC3)[C@H]3CCS(=O)(=O)C3)n2)c1. The van der Waals surface area contributed by atoms with Gasteiger partial charge in [0, 0.05) is 17.6 Å². The first-order valence-electron chi connectivity index (χ1n) is 10.4. The van der Waals surface area contributed by atoms with Gasteiger partial charge in [-0.05, 0) is 36.6 Å². The van der Waals surface area contributed by atoms with Crippen LogP contribution in [0.25, 0.3) is 11.4 Å². The molecule has 4 rings (SSSR count). The van der Waals surface area contributed by atoms with Gasteiger partial charge in [0.05, 0.1) is 18.6 Å². The van der Waals surface area contributed by atoms with Crippen LogP contribution >= 0.6 is 0 Å². The van der Waals surface area contributed by atoms with Crippen molar-refractivity contribution in [2.45, 2.75) is 57.2 Å². The Morgan fingerprint density at radius 3 is 2.70 bits per heavy atom. The third-order valence-electron chi connectivity index (χ3n) is 5.92. The van der Waals surface area contributed by atoms with Crippen LogP contribution in [0.1, 0.15) is 38.5 Å². The van der Waals surface area contributed by atoms with Crippen molar-refractivity contribution in [1.29, 1.82) is 0 Å². The van der Waals surface area contributed by atoms with Gasteiger partial charge in [-0.25, -0.2) is 8.42 Å². The first-order chi connectivity index (χ1) is 14.4. The number of ether oxygens (including phenoxy) is 1. The van der Waals surface area contributed by atoms with E-state index in [0.29, 0.717) is 18.0 Å². The molecule has 1 amide bonds. The zero-order chi connectivity index (χ0) is 21.1. The van der Waals surface area contributed by atoms with E-state index in [2.05, 4.69) is 15.4 Å². The summed E-state index contributed by atoms with van der Waals surface area (Å²) in [7, 11) is -1.49. The van der Waals surface area contributed by atoms with Gasteiger partial charge >= 0.3 is 0 Å². The first kappa shape index (κ1) is 20.8. The third-order valence-corrected chi connectivity index (χ3v) is 7.67. The van der Waals surface area contributed by atoms with Crippen molar-refractivity contribution in [1.82, 2.24) is 25.1 Å². The summed E-state index contributed by atoms with van der Waals surface area (Å²) in [6.45, 7) is -0.0516. The summed E-state index contributed by atoms with van der Waals surface area (Å²) in [5, 5.41) is 12.5. The molecule has 2 fully saturated rings. The lowest BCUT2D eigenvalue weighted by molar-refractivity contribution is -0.137. The number of tetrazole rings is 1. The van der Waals surface area contributed by atoms with E-state index in [9.17, 15) is 13.2 Å². The van der Waals surface area contributed by atoms with E-state index in [4.69, 9.17) is 4.74 Å². The lowest BCUT2D eigenvalue weighted by Crippen LogP contribution is -2.50. The van der Waals surface area contributed by atoms with Gasteiger partial charge in [-0.2, -0.15) is 4.80 Å². The molecular formula is C20H27N5O4S. The Kier molecular flexibility index (Phi) is 6.03. The predicted octanol–water partition coefficient (Wildman–Crippen LogP) is 1.70. The van der Waals surface area contributed by atoms with Gasteiger partial charge in [-0.3, -0.25) is 4.79 Å². The third kappa shape index (κ3) is 4.63. The van der Waals surface area contributed by atoms with Gasteiger partial charge < -0.3 is 9.64 Å². The molecule has 1 saturated carbocycles. The lowest BCUT2D eigenvalue weighted by atomic mass is 9.93. The molecule has 0 bridgehead atoms. The highest BCUT2D eigenvalue weighted by atomic mass is 32.2. The molecule has 9 nitrogen and oxygen atoms in total. The van der Waals surface area contributed by atoms with Crippen molar-refractivity contribution >= 4 is 15.7 Å². The van der Waals surface area contributed by atoms with Crippen molar-refractivity contribution in [2.75, 3.05) is 18.6 Å². The first-order valence-corrected chi connectivity index (χ1v) is 12.2. The minimum absolute atomic E-state index is 0.0507. The lowest BCUT2D eigenvalue weighted by Gasteiger charge is -2.38. The smallest absolute Gasteiger partial charge is 0.246 e. The number of hydrogen-bond donors (Lipinski definition) is 0. The van der Waals surface area contributed by atoms with Crippen molar-refractivity contribution in [2.24, 2.45) is 0 Å². The summed E-state index contributed by atoms with van der Waals surface area (Å²) in [6.07, 6.45) is 5.63. The van der Waals surface area contributed by atoms with Gasteiger partial charge in [-0.1, -0.05) is 31.4 Å². The van der Waals surface area contributed by atoms with E-state index in [1.54, 1.807) is 13.2 Å². The molecule has 0 radical (unpaired) electrons. The number of amides is 1. The molecule has 2 aliphatic rings. The van der Waals surface area contributed by atoms with Crippen LogP contribution in [-0.2, 0) is 21.2 Å². The molecule has 0 spiro atoms. The number of hydrogen-bond acceptors (Lipinski definition) is 7. The second-order valence-corrected chi connectivity index (χ2v) is 10.3. The largest absolute Gasteiger partial charge is 0.497 e. The van der Waals surface area contributed by atoms with Crippen LogP contribution < -0.4 is 4.74 Å². The number of carbonyl (C=O) groups excluding carboxylic acids is 1. The second-order valence-electron chi connectivity index (χ2n) is 8.03. The van der Waals surface area contributed by atoms with E-state index in [1.807, 2.05) is 23.1 Å². The Balaban J connectivity index is 1.51. The molecule has 2 aromatic rings. The molecule has 30 heavy (non-hydrogen) atoms. The van der Waals surface area contributed by atoms with Crippen LogP contribution in [0.5, 0.6) is 5.75 Å². The summed E-state index contributed by atoms with van der Waals surface area (Å²) in [5.41, 5.74) is 0.749. The van der Waals surface area contributed by atoms with Gasteiger partial charge in [0.2, 0.25) is 11.7 Å². The molecule has 1 aromatic carbocycles. The van der Waals surface area contributed by atoms with E-state index in [1.165, 1.54) is 4.80 Å². The van der Waals surface area contributed by atoms with Crippen LogP contribution in [0.2, 0.25) is 0 Å². The molecule has 1 aliphatic carbocycles. The van der Waals surface area contributed by atoms with Crippen molar-refractivity contribution < 1.29 is 17.9 Å². The quantitative estimate of drug-likeness (QED) is 0.682. The molecular weight excluding hydrogens is 406 g/mol. The molecule has 0 N–H and O–H groups in total. The Morgan fingerprint density at radius 1 is 1.20 bits per heavy atom. The molecule has 1 atom stereocenters. The zero-order valence-electron chi connectivity index (χ0n) is 17.1. The topological polar surface area (TPSA) is 107 Å². The Morgan fingerprint density at radius 2 is 2.00 bits per heavy atom. The monoisotopic (exact) mass is 433 g/mol. The van der Waals surface area contributed by atoms with Crippen molar-refractivity contribution in [3.8, 4) is 17.1 Å². The van der Waals surface area contributed by atoms with Crippen LogP contribution in [0.3, 0.4) is 0 Å². The van der Waals surface area contributed by atoms with Gasteiger partial charge in [0.1, 0.15) is 12.3 Å². The van der Waals surface area contributed by atoms with Gasteiger partial charge in [0.25, 0.3) is 0 Å². The molecule has 2 heterocycles. The fourth-order valence-electron chi connectivity index (χ4n) is 4.45. The number of benzene rings is 1. The van der Waals surface area contributed by atoms with Crippen LogP contribution in [0.4, 0.5) is 0 Å². The fourth-order valence-corrected chi connectivity index (χ4v) is 6.16. The van der Waals surface area contributed by atoms with Crippen molar-refractivity contribution in [3.05, 3.63) is 24.3 Å². The summed E-state index contributed by atoms with van der Waals surface area (Å²) in [4.78, 5) is 16.3. The average Bonchev–Trinajstić information content (AvgIpc) is 3.35.